The first-order valence-corrected chi connectivity index (χ1v) is 13.8. The van der Waals surface area contributed by atoms with Crippen LogP contribution >= 0.6 is 69.6 Å². The molecular weight excluding hydrogens is 675 g/mol. The number of anilines is 1. The Balaban J connectivity index is 1.52. The van der Waals surface area contributed by atoms with Crippen LogP contribution in [0.1, 0.15) is 33.0 Å². The molecule has 14 heteroatoms. The van der Waals surface area contributed by atoms with Crippen LogP contribution in [-0.4, -0.2) is 28.2 Å². The first kappa shape index (κ1) is 31.9. The van der Waals surface area contributed by atoms with Crippen molar-refractivity contribution in [3.63, 3.8) is 0 Å². The van der Waals surface area contributed by atoms with E-state index in [-0.39, 0.29) is 36.9 Å². The van der Waals surface area contributed by atoms with Crippen molar-refractivity contribution in [3.8, 4) is 0 Å². The summed E-state index contributed by atoms with van der Waals surface area (Å²) >= 11 is 37.1. The number of nitrogens with one attached hydrogen (secondary N) is 1. The summed E-state index contributed by atoms with van der Waals surface area (Å²) in [4.78, 5) is 37.4. The molecule has 0 spiro atoms. The van der Waals surface area contributed by atoms with Crippen LogP contribution in [0.5, 0.6) is 0 Å². The van der Waals surface area contributed by atoms with E-state index in [1.54, 1.807) is 0 Å². The lowest BCUT2D eigenvalue weighted by atomic mass is 9.98. The molecule has 216 valence electrons. The standard InChI is InChI=1S/C27H15Cl6F4NO3/c28-15-2-1-13(38-26(41)23-22(27(23,32)33)12-4-16(29)24(31)17(30)5-12)8-14(15)20(39)6-10-3-11(7-21(40)25(36)37)19(35)9-18(10)34/h1-5,8-9,22-23,25H,6-7H2,(H,38,41)/t22-,23+/m0/s1. The molecule has 1 amide bonds. The second-order valence-electron chi connectivity index (χ2n) is 9.19. The van der Waals surface area contributed by atoms with Crippen molar-refractivity contribution >= 4 is 92.8 Å². The normalized spacial score (nSPS) is 17.4. The quantitative estimate of drug-likeness (QED) is 0.106. The van der Waals surface area contributed by atoms with E-state index >= 15 is 0 Å². The van der Waals surface area contributed by atoms with Gasteiger partial charge in [0.1, 0.15) is 16.0 Å². The van der Waals surface area contributed by atoms with Gasteiger partial charge < -0.3 is 5.32 Å². The predicted octanol–water partition coefficient (Wildman–Crippen LogP) is 8.91. The summed E-state index contributed by atoms with van der Waals surface area (Å²) in [6.45, 7) is 0. The lowest BCUT2D eigenvalue weighted by Crippen LogP contribution is -2.17. The number of ketones is 2. The zero-order valence-electron chi connectivity index (χ0n) is 20.2. The molecule has 1 aliphatic carbocycles. The molecular formula is C27H15Cl6F4NO3. The highest BCUT2D eigenvalue weighted by Gasteiger charge is 2.67. The average molecular weight is 690 g/mol. The Labute approximate surface area is 260 Å². The summed E-state index contributed by atoms with van der Waals surface area (Å²) in [7, 11) is 0. The Morgan fingerprint density at radius 3 is 2.00 bits per heavy atom. The smallest absolute Gasteiger partial charge is 0.296 e. The van der Waals surface area contributed by atoms with Crippen LogP contribution in [0.3, 0.4) is 0 Å². The van der Waals surface area contributed by atoms with Crippen molar-refractivity contribution in [3.05, 3.63) is 96.4 Å². The lowest BCUT2D eigenvalue weighted by molar-refractivity contribution is -0.128. The minimum atomic E-state index is -3.34. The molecule has 1 saturated carbocycles. The van der Waals surface area contributed by atoms with E-state index in [0.717, 1.165) is 6.07 Å². The number of Topliss-reactive ketones (excluding diaryl/α,β-unsaturated/α-hetero) is 2. The van der Waals surface area contributed by atoms with Gasteiger partial charge in [0.25, 0.3) is 6.43 Å². The number of carbonyl (C=O) groups excluding carboxylic acids is 3. The number of hydrogen-bond acceptors (Lipinski definition) is 3. The van der Waals surface area contributed by atoms with E-state index in [0.29, 0.717) is 11.6 Å². The van der Waals surface area contributed by atoms with Crippen molar-refractivity contribution in [2.24, 2.45) is 5.92 Å². The van der Waals surface area contributed by atoms with Gasteiger partial charge >= 0.3 is 0 Å². The van der Waals surface area contributed by atoms with Crippen LogP contribution < -0.4 is 5.32 Å². The highest BCUT2D eigenvalue weighted by molar-refractivity contribution is 6.54. The molecule has 2 atom stereocenters. The fraction of sp³-hybridized carbons (Fsp3) is 0.222. The summed E-state index contributed by atoms with van der Waals surface area (Å²) in [6, 6.07) is 8.20. The van der Waals surface area contributed by atoms with Crippen molar-refractivity contribution in [2.45, 2.75) is 29.5 Å². The Morgan fingerprint density at radius 1 is 0.829 bits per heavy atom. The number of benzene rings is 3. The Kier molecular flexibility index (Phi) is 9.53. The number of hydrogen-bond donors (Lipinski definition) is 1. The lowest BCUT2D eigenvalue weighted by Gasteiger charge is -2.11. The third-order valence-corrected chi connectivity index (χ3v) is 8.88. The molecule has 0 bridgehead atoms. The van der Waals surface area contributed by atoms with Gasteiger partial charge in [-0.3, -0.25) is 14.4 Å². The Morgan fingerprint density at radius 2 is 1.41 bits per heavy atom. The maximum Gasteiger partial charge on any atom is 0.296 e. The van der Waals surface area contributed by atoms with Crippen LogP contribution in [-0.2, 0) is 22.4 Å². The van der Waals surface area contributed by atoms with Crippen LogP contribution in [0.4, 0.5) is 23.2 Å². The molecule has 4 nitrogen and oxygen atoms in total. The van der Waals surface area contributed by atoms with Crippen LogP contribution in [0, 0.1) is 17.6 Å². The van der Waals surface area contributed by atoms with E-state index in [9.17, 15) is 31.9 Å². The average Bonchev–Trinajstić information content (AvgIpc) is 3.47. The Hall–Kier alpha value is -2.07. The molecule has 0 radical (unpaired) electrons. The summed E-state index contributed by atoms with van der Waals surface area (Å²) in [5.41, 5.74) is -0.330. The highest BCUT2D eigenvalue weighted by Crippen LogP contribution is 2.65. The van der Waals surface area contributed by atoms with Crippen molar-refractivity contribution in [1.82, 2.24) is 0 Å². The van der Waals surface area contributed by atoms with Gasteiger partial charge in [-0.1, -0.05) is 46.4 Å². The molecule has 0 aliphatic heterocycles. The maximum atomic E-state index is 14.4. The third kappa shape index (κ3) is 6.79. The largest absolute Gasteiger partial charge is 0.326 e. The van der Waals surface area contributed by atoms with Gasteiger partial charge in [-0.25, -0.2) is 17.6 Å². The van der Waals surface area contributed by atoms with E-state index in [1.165, 1.54) is 30.3 Å². The van der Waals surface area contributed by atoms with Gasteiger partial charge in [0, 0.05) is 36.1 Å². The fourth-order valence-corrected chi connectivity index (χ4v) is 5.97. The SMILES string of the molecule is O=C(Cc1cc(CC(=O)C(F)F)c(F)cc1F)c1cc(NC(=O)[C@H]2[C@H](c3cc(Cl)c(Cl)c(Cl)c3)C2(Cl)Cl)ccc1Cl. The summed E-state index contributed by atoms with van der Waals surface area (Å²) in [5.74, 6) is -6.82. The zero-order chi connectivity index (χ0) is 30.4. The van der Waals surface area contributed by atoms with Crippen LogP contribution in [0.15, 0.2) is 42.5 Å². The summed E-state index contributed by atoms with van der Waals surface area (Å²) in [5, 5.41) is 2.99. The van der Waals surface area contributed by atoms with Crippen molar-refractivity contribution < 1.29 is 31.9 Å². The van der Waals surface area contributed by atoms with Crippen molar-refractivity contribution in [1.29, 1.82) is 0 Å². The van der Waals surface area contributed by atoms with Crippen LogP contribution in [0.25, 0.3) is 0 Å². The van der Waals surface area contributed by atoms with Gasteiger partial charge in [-0.15, -0.1) is 23.2 Å². The number of rotatable bonds is 9. The van der Waals surface area contributed by atoms with Gasteiger partial charge in [-0.2, -0.15) is 0 Å². The second-order valence-corrected chi connectivity index (χ2v) is 12.2. The molecule has 1 aliphatic rings. The molecule has 0 saturated heterocycles. The molecule has 1 fully saturated rings. The van der Waals surface area contributed by atoms with Crippen molar-refractivity contribution in [2.75, 3.05) is 5.32 Å². The molecule has 4 rings (SSSR count). The molecule has 0 aromatic heterocycles. The van der Waals surface area contributed by atoms with Gasteiger partial charge in [0.05, 0.1) is 26.0 Å². The van der Waals surface area contributed by atoms with E-state index in [4.69, 9.17) is 69.6 Å². The molecule has 0 heterocycles. The first-order valence-electron chi connectivity index (χ1n) is 11.5. The van der Waals surface area contributed by atoms with Gasteiger partial charge in [0.2, 0.25) is 11.7 Å². The third-order valence-electron chi connectivity index (χ3n) is 6.41. The second kappa shape index (κ2) is 12.3. The van der Waals surface area contributed by atoms with E-state index in [1.807, 2.05) is 0 Å². The summed E-state index contributed by atoms with van der Waals surface area (Å²) < 4.78 is 52.2. The number of halogens is 10. The van der Waals surface area contributed by atoms with Gasteiger partial charge in [-0.05, 0) is 53.1 Å². The maximum absolute atomic E-state index is 14.4. The number of alkyl halides is 4. The summed E-state index contributed by atoms with van der Waals surface area (Å²) in [6.07, 6.45) is -4.96. The fourth-order valence-electron chi connectivity index (χ4n) is 4.31. The zero-order valence-corrected chi connectivity index (χ0v) is 24.7. The minimum absolute atomic E-state index is 0.0394. The molecule has 3 aromatic rings. The van der Waals surface area contributed by atoms with Crippen LogP contribution in [0.2, 0.25) is 20.1 Å². The Bertz CT molecular complexity index is 1560. The highest BCUT2D eigenvalue weighted by atomic mass is 35.5. The van der Waals surface area contributed by atoms with E-state index in [2.05, 4.69) is 5.32 Å². The number of carbonyl (C=O) groups is 3. The topological polar surface area (TPSA) is 63.2 Å². The monoisotopic (exact) mass is 687 g/mol. The molecule has 3 aromatic carbocycles. The van der Waals surface area contributed by atoms with Gasteiger partial charge in [0.15, 0.2) is 5.78 Å². The molecule has 41 heavy (non-hydrogen) atoms. The minimum Gasteiger partial charge on any atom is -0.326 e. The number of amides is 1. The predicted molar refractivity (Wildman–Crippen MR) is 151 cm³/mol. The molecule has 1 N–H and O–H groups in total. The first-order chi connectivity index (χ1) is 19.1. The molecule has 0 unspecified atom stereocenters. The van der Waals surface area contributed by atoms with E-state index < -0.39 is 70.1 Å².